The average Bonchev–Trinajstić information content (AvgIpc) is 2.64. The Hall–Kier alpha value is -2.20. The maximum Gasteiger partial charge on any atom is 0.240 e. The van der Waals surface area contributed by atoms with Gasteiger partial charge in [-0.05, 0) is 21.5 Å². The van der Waals surface area contributed by atoms with Crippen LogP contribution in [0.2, 0.25) is 0 Å². The van der Waals surface area contributed by atoms with Crippen LogP contribution in [0.1, 0.15) is 17.0 Å². The first-order valence-electron chi connectivity index (χ1n) is 8.78. The number of hydrogen-bond acceptors (Lipinski definition) is 2. The number of ether oxygens (including phenoxy) is 1. The molecule has 3 aromatic carbocycles. The monoisotopic (exact) mass is 346 g/mol. The van der Waals surface area contributed by atoms with Crippen LogP contribution < -0.4 is 10.4 Å². The Morgan fingerprint density at radius 2 is 1.32 bits per heavy atom. The zero-order valence-corrected chi connectivity index (χ0v) is 15.3. The van der Waals surface area contributed by atoms with Gasteiger partial charge >= 0.3 is 0 Å². The van der Waals surface area contributed by atoms with Crippen molar-refractivity contribution < 1.29 is 9.16 Å². The molecule has 1 aliphatic rings. The highest BCUT2D eigenvalue weighted by molar-refractivity contribution is 6.79. The van der Waals surface area contributed by atoms with E-state index in [0.29, 0.717) is 12.5 Å². The van der Waals surface area contributed by atoms with Gasteiger partial charge in [0.1, 0.15) is 0 Å². The molecule has 126 valence electrons. The molecule has 0 saturated carbocycles. The van der Waals surface area contributed by atoms with E-state index < -0.39 is 9.04 Å². The molecular formula is C22H22O2Si. The van der Waals surface area contributed by atoms with Crippen LogP contribution in [0.3, 0.4) is 0 Å². The molecule has 0 unspecified atom stereocenters. The molecule has 0 bridgehead atoms. The fourth-order valence-corrected chi connectivity index (χ4v) is 5.41. The van der Waals surface area contributed by atoms with Gasteiger partial charge in [0, 0.05) is 5.92 Å². The highest BCUT2D eigenvalue weighted by Crippen LogP contribution is 2.24. The molecule has 0 spiro atoms. The molecule has 0 aromatic heterocycles. The summed E-state index contributed by atoms with van der Waals surface area (Å²) in [5.74, 6) is 0.575. The van der Waals surface area contributed by atoms with Gasteiger partial charge in [-0.2, -0.15) is 0 Å². The van der Waals surface area contributed by atoms with Gasteiger partial charge in [0.25, 0.3) is 0 Å². The van der Waals surface area contributed by atoms with Crippen molar-refractivity contribution in [1.82, 2.24) is 0 Å². The summed E-state index contributed by atoms with van der Waals surface area (Å²) in [6, 6.07) is 30.0. The van der Waals surface area contributed by atoms with E-state index in [-0.39, 0.29) is 0 Å². The second-order valence-corrected chi connectivity index (χ2v) is 8.92. The van der Waals surface area contributed by atoms with Crippen molar-refractivity contribution >= 4 is 19.4 Å². The molecular weight excluding hydrogens is 324 g/mol. The number of rotatable bonds is 6. The first-order valence-corrected chi connectivity index (χ1v) is 10.4. The maximum atomic E-state index is 6.46. The Bertz CT molecular complexity index is 744. The molecule has 0 atom stereocenters. The molecule has 0 radical (unpaired) electrons. The molecule has 1 aliphatic heterocycles. The summed E-state index contributed by atoms with van der Waals surface area (Å²) in [5, 5.41) is 2.63. The molecule has 1 saturated heterocycles. The van der Waals surface area contributed by atoms with Gasteiger partial charge in [-0.25, -0.2) is 0 Å². The first-order chi connectivity index (χ1) is 12.4. The van der Waals surface area contributed by atoms with Crippen molar-refractivity contribution in [2.24, 2.45) is 0 Å². The van der Waals surface area contributed by atoms with E-state index in [0.717, 1.165) is 13.2 Å². The second kappa shape index (κ2) is 7.79. The minimum Gasteiger partial charge on any atom is -0.407 e. The first kappa shape index (κ1) is 16.3. The lowest BCUT2D eigenvalue weighted by Gasteiger charge is -2.26. The minimum atomic E-state index is -1.67. The zero-order valence-electron chi connectivity index (χ0n) is 14.2. The third-order valence-electron chi connectivity index (χ3n) is 4.71. The van der Waals surface area contributed by atoms with E-state index in [1.54, 1.807) is 0 Å². The Kier molecular flexibility index (Phi) is 5.07. The van der Waals surface area contributed by atoms with Crippen LogP contribution in [0.25, 0.3) is 0 Å². The van der Waals surface area contributed by atoms with Crippen LogP contribution in [-0.2, 0) is 15.8 Å². The molecule has 0 N–H and O–H groups in total. The van der Waals surface area contributed by atoms with Gasteiger partial charge < -0.3 is 9.16 Å². The smallest absolute Gasteiger partial charge is 0.240 e. The molecule has 3 aromatic rings. The van der Waals surface area contributed by atoms with Crippen LogP contribution in [0.15, 0.2) is 84.9 Å². The summed E-state index contributed by atoms with van der Waals surface area (Å²) in [4.78, 5) is 0. The fourth-order valence-electron chi connectivity index (χ4n) is 3.13. The van der Waals surface area contributed by atoms with Crippen molar-refractivity contribution in [3.05, 3.63) is 96.1 Å². The summed E-state index contributed by atoms with van der Waals surface area (Å²) >= 11 is 0. The van der Waals surface area contributed by atoms with Crippen LogP contribution >= 0.6 is 0 Å². The van der Waals surface area contributed by atoms with Crippen LogP contribution in [-0.4, -0.2) is 22.3 Å². The van der Waals surface area contributed by atoms with Crippen molar-refractivity contribution in [3.63, 3.8) is 0 Å². The molecule has 1 fully saturated rings. The summed E-state index contributed by atoms with van der Waals surface area (Å²) in [5.41, 5.74) is 2.60. The lowest BCUT2D eigenvalue weighted by molar-refractivity contribution is 0.00841. The van der Waals surface area contributed by atoms with Gasteiger partial charge in [0.2, 0.25) is 9.04 Å². The molecule has 1 heterocycles. The highest BCUT2D eigenvalue weighted by atomic mass is 28.3. The van der Waals surface area contributed by atoms with E-state index >= 15 is 0 Å². The SMILES string of the molecule is c1ccc([SiH](OCc2ccc(C3COC3)cc2)c2ccccc2)cc1. The van der Waals surface area contributed by atoms with Crippen LogP contribution in [0.5, 0.6) is 0 Å². The molecule has 4 rings (SSSR count). The number of benzene rings is 3. The van der Waals surface area contributed by atoms with Gasteiger partial charge in [-0.3, -0.25) is 0 Å². The third-order valence-corrected chi connectivity index (χ3v) is 7.19. The molecule has 0 aliphatic carbocycles. The lowest BCUT2D eigenvalue weighted by Crippen LogP contribution is -2.44. The predicted molar refractivity (Wildman–Crippen MR) is 104 cm³/mol. The largest absolute Gasteiger partial charge is 0.407 e. The van der Waals surface area contributed by atoms with E-state index in [1.165, 1.54) is 21.5 Å². The zero-order chi connectivity index (χ0) is 16.9. The molecule has 25 heavy (non-hydrogen) atoms. The van der Waals surface area contributed by atoms with E-state index in [4.69, 9.17) is 9.16 Å². The topological polar surface area (TPSA) is 18.5 Å². The summed E-state index contributed by atoms with van der Waals surface area (Å²) in [6.07, 6.45) is 0. The van der Waals surface area contributed by atoms with E-state index in [9.17, 15) is 0 Å². The third kappa shape index (κ3) is 3.90. The Labute approximate surface area is 150 Å². The predicted octanol–water partition coefficient (Wildman–Crippen LogP) is 2.86. The van der Waals surface area contributed by atoms with Crippen molar-refractivity contribution in [2.45, 2.75) is 12.5 Å². The average molecular weight is 347 g/mol. The Balaban J connectivity index is 1.49. The Morgan fingerprint density at radius 3 is 1.80 bits per heavy atom. The van der Waals surface area contributed by atoms with Crippen LogP contribution in [0, 0.1) is 0 Å². The summed E-state index contributed by atoms with van der Waals surface area (Å²) < 4.78 is 11.7. The van der Waals surface area contributed by atoms with Crippen LogP contribution in [0.4, 0.5) is 0 Å². The van der Waals surface area contributed by atoms with Gasteiger partial charge in [-0.15, -0.1) is 0 Å². The quantitative estimate of drug-likeness (QED) is 0.639. The molecule has 0 amide bonds. The summed E-state index contributed by atoms with van der Waals surface area (Å²) in [6.45, 7) is 2.36. The van der Waals surface area contributed by atoms with Crippen molar-refractivity contribution in [2.75, 3.05) is 13.2 Å². The van der Waals surface area contributed by atoms with Crippen molar-refractivity contribution in [3.8, 4) is 0 Å². The lowest BCUT2D eigenvalue weighted by atomic mass is 9.97. The summed E-state index contributed by atoms with van der Waals surface area (Å²) in [7, 11) is -1.67. The van der Waals surface area contributed by atoms with Gasteiger partial charge in [-0.1, -0.05) is 84.9 Å². The fraction of sp³-hybridized carbons (Fsp3) is 0.182. The molecule has 3 heteroatoms. The normalized spacial score (nSPS) is 14.4. The highest BCUT2D eigenvalue weighted by Gasteiger charge is 2.20. The molecule has 2 nitrogen and oxygen atoms in total. The van der Waals surface area contributed by atoms with Crippen molar-refractivity contribution in [1.29, 1.82) is 0 Å². The minimum absolute atomic E-state index is 0.575. The standard InChI is InChI=1S/C22H22O2Si/c1-3-7-21(8-4-1)25(22-9-5-2-6-10-22)24-15-18-11-13-19(14-12-18)20-16-23-17-20/h1-14,20,25H,15-17H2. The second-order valence-electron chi connectivity index (χ2n) is 6.49. The number of hydrogen-bond donors (Lipinski definition) is 0. The van der Waals surface area contributed by atoms with E-state index in [1.807, 2.05) is 0 Å². The van der Waals surface area contributed by atoms with Gasteiger partial charge in [0.05, 0.1) is 19.8 Å². The maximum absolute atomic E-state index is 6.46. The Morgan fingerprint density at radius 1 is 0.760 bits per heavy atom. The van der Waals surface area contributed by atoms with E-state index in [2.05, 4.69) is 84.9 Å². The van der Waals surface area contributed by atoms with Gasteiger partial charge in [0.15, 0.2) is 0 Å².